The summed E-state index contributed by atoms with van der Waals surface area (Å²) in [5, 5.41) is 23.9. The Labute approximate surface area is 415 Å². The normalized spacial score (nSPS) is 13.7. The van der Waals surface area contributed by atoms with E-state index in [2.05, 4.69) is 99.0 Å². The number of aliphatic hydroxyl groups is 2. The minimum atomic E-state index is -0.800. The second-order valence-electron chi connectivity index (χ2n) is 19.4. The first kappa shape index (κ1) is 64.3. The van der Waals surface area contributed by atoms with Crippen LogP contribution in [-0.2, 0) is 14.3 Å². The van der Waals surface area contributed by atoms with E-state index in [9.17, 15) is 19.8 Å². The quantitative estimate of drug-likeness (QED) is 0.0244. The second kappa shape index (κ2) is 54.2. The van der Waals surface area contributed by atoms with E-state index in [0.29, 0.717) is 19.3 Å². The maximum atomic E-state index is 13.3. The Hall–Kier alpha value is -2.70. The van der Waals surface area contributed by atoms with Crippen LogP contribution in [-0.4, -0.2) is 46.9 Å². The Bertz CT molecular complexity index is 1230. The van der Waals surface area contributed by atoms with Gasteiger partial charge in [-0.2, -0.15) is 0 Å². The van der Waals surface area contributed by atoms with Crippen LogP contribution in [0.4, 0.5) is 0 Å². The number of aliphatic hydroxyl groups excluding tert-OH is 2. The average molecular weight is 937 g/mol. The van der Waals surface area contributed by atoms with Crippen LogP contribution in [0.5, 0.6) is 0 Å². The van der Waals surface area contributed by atoms with Crippen LogP contribution >= 0.6 is 0 Å². The van der Waals surface area contributed by atoms with Gasteiger partial charge in [-0.25, -0.2) is 0 Å². The summed E-state index contributed by atoms with van der Waals surface area (Å²) >= 11 is 0. The number of rotatable bonds is 51. The van der Waals surface area contributed by atoms with Crippen molar-refractivity contribution >= 4 is 11.9 Å². The van der Waals surface area contributed by atoms with Gasteiger partial charge in [0.15, 0.2) is 0 Å². The molecule has 3 unspecified atom stereocenters. The van der Waals surface area contributed by atoms with Gasteiger partial charge in [0.2, 0.25) is 5.91 Å². The predicted octanol–water partition coefficient (Wildman–Crippen LogP) is 17.7. The Morgan fingerprint density at radius 1 is 0.463 bits per heavy atom. The van der Waals surface area contributed by atoms with Crippen LogP contribution in [0.1, 0.15) is 278 Å². The predicted molar refractivity (Wildman–Crippen MR) is 291 cm³/mol. The Balaban J connectivity index is 4.62. The summed E-state index contributed by atoms with van der Waals surface area (Å²) in [6, 6.07) is -0.715. The molecular formula is C61H109NO5. The van der Waals surface area contributed by atoms with Crippen LogP contribution in [0.25, 0.3) is 0 Å². The van der Waals surface area contributed by atoms with Crippen LogP contribution < -0.4 is 5.32 Å². The molecule has 0 saturated heterocycles. The molecule has 0 aromatic carbocycles. The molecule has 1 amide bonds. The number of ether oxygens (including phenoxy) is 1. The zero-order chi connectivity index (χ0) is 48.8. The van der Waals surface area contributed by atoms with E-state index in [1.165, 1.54) is 135 Å². The highest BCUT2D eigenvalue weighted by molar-refractivity contribution is 5.77. The highest BCUT2D eigenvalue weighted by Gasteiger charge is 2.24. The summed E-state index contributed by atoms with van der Waals surface area (Å²) in [6.45, 7) is 6.34. The second-order valence-corrected chi connectivity index (χ2v) is 19.4. The van der Waals surface area contributed by atoms with E-state index in [4.69, 9.17) is 4.74 Å². The molecule has 0 aromatic heterocycles. The number of carbonyl (C=O) groups is 2. The van der Waals surface area contributed by atoms with Gasteiger partial charge in [0.05, 0.1) is 25.2 Å². The third-order valence-electron chi connectivity index (χ3n) is 12.8. The molecule has 3 N–H and O–H groups in total. The molecule has 0 bridgehead atoms. The van der Waals surface area contributed by atoms with E-state index in [1.54, 1.807) is 0 Å². The van der Waals surface area contributed by atoms with Crippen molar-refractivity contribution in [1.82, 2.24) is 5.32 Å². The summed E-state index contributed by atoms with van der Waals surface area (Å²) < 4.78 is 5.95. The lowest BCUT2D eigenvalue weighted by Gasteiger charge is -2.24. The standard InChI is InChI=1S/C61H109NO5/c1-4-7-10-13-16-19-22-25-28-30-32-34-37-40-43-46-49-52-57(67-61(66)54-51-48-45-42-39-36-31-27-24-21-18-15-12-9-6-3)55-60(65)62-58(56-63)59(64)53-50-47-44-41-38-35-33-29-26-23-20-17-14-11-8-5-2/h9,12,15-16,18-19,21,24-25,28,32,34,57-59,63-64H,4-8,10-11,13-14,17,20,22-23,26-27,29-31,33,35-56H2,1-3H3,(H,62,65)/b12-9+,18-15+,19-16-,24-21+,28-25-,34-32-. The van der Waals surface area contributed by atoms with Crippen molar-refractivity contribution in [2.45, 2.75) is 296 Å². The first-order valence-corrected chi connectivity index (χ1v) is 28.7. The smallest absolute Gasteiger partial charge is 0.306 e. The summed E-state index contributed by atoms with van der Waals surface area (Å²) in [6.07, 6.45) is 69.6. The summed E-state index contributed by atoms with van der Waals surface area (Å²) in [4.78, 5) is 26.3. The zero-order valence-corrected chi connectivity index (χ0v) is 44.3. The van der Waals surface area contributed by atoms with Gasteiger partial charge >= 0.3 is 5.97 Å². The van der Waals surface area contributed by atoms with Crippen molar-refractivity contribution in [3.63, 3.8) is 0 Å². The maximum Gasteiger partial charge on any atom is 0.306 e. The van der Waals surface area contributed by atoms with Crippen LogP contribution in [0.15, 0.2) is 72.9 Å². The molecule has 0 aromatic rings. The number of unbranched alkanes of at least 4 members (excludes halogenated alkanes) is 29. The summed E-state index contributed by atoms with van der Waals surface area (Å²) in [5.41, 5.74) is 0. The van der Waals surface area contributed by atoms with Gasteiger partial charge in [-0.05, 0) is 83.5 Å². The third kappa shape index (κ3) is 49.5. The number of carbonyl (C=O) groups excluding carboxylic acids is 2. The third-order valence-corrected chi connectivity index (χ3v) is 12.8. The fourth-order valence-electron chi connectivity index (χ4n) is 8.50. The molecule has 0 aliphatic rings. The van der Waals surface area contributed by atoms with E-state index >= 15 is 0 Å². The van der Waals surface area contributed by atoms with Gasteiger partial charge in [0.25, 0.3) is 0 Å². The van der Waals surface area contributed by atoms with Gasteiger partial charge in [-0.1, -0.05) is 254 Å². The first-order chi connectivity index (χ1) is 33.0. The molecule has 6 nitrogen and oxygen atoms in total. The van der Waals surface area contributed by atoms with Gasteiger partial charge in [0.1, 0.15) is 6.10 Å². The van der Waals surface area contributed by atoms with Gasteiger partial charge in [0, 0.05) is 6.42 Å². The topological polar surface area (TPSA) is 95.9 Å². The molecule has 0 radical (unpaired) electrons. The molecule has 388 valence electrons. The lowest BCUT2D eigenvalue weighted by molar-refractivity contribution is -0.151. The number of hydrogen-bond donors (Lipinski definition) is 3. The van der Waals surface area contributed by atoms with E-state index in [-0.39, 0.29) is 24.9 Å². The molecule has 0 saturated carbocycles. The van der Waals surface area contributed by atoms with E-state index < -0.39 is 18.2 Å². The summed E-state index contributed by atoms with van der Waals surface area (Å²) in [5.74, 6) is -0.505. The van der Waals surface area contributed by atoms with Crippen molar-refractivity contribution in [3.05, 3.63) is 72.9 Å². The minimum Gasteiger partial charge on any atom is -0.462 e. The Morgan fingerprint density at radius 3 is 1.37 bits per heavy atom. The van der Waals surface area contributed by atoms with Crippen molar-refractivity contribution in [2.24, 2.45) is 0 Å². The number of nitrogens with one attached hydrogen (secondary N) is 1. The number of esters is 1. The minimum absolute atomic E-state index is 0.0558. The fraction of sp³-hybridized carbons (Fsp3) is 0.770. The van der Waals surface area contributed by atoms with Gasteiger partial charge in [-0.15, -0.1) is 0 Å². The van der Waals surface area contributed by atoms with Gasteiger partial charge in [-0.3, -0.25) is 9.59 Å². The molecule has 0 fully saturated rings. The van der Waals surface area contributed by atoms with Crippen molar-refractivity contribution in [3.8, 4) is 0 Å². The molecular weight excluding hydrogens is 827 g/mol. The Kier molecular flexibility index (Phi) is 52.1. The van der Waals surface area contributed by atoms with Crippen LogP contribution in [0.3, 0.4) is 0 Å². The largest absolute Gasteiger partial charge is 0.462 e. The monoisotopic (exact) mass is 936 g/mol. The molecule has 0 spiro atoms. The lowest BCUT2D eigenvalue weighted by atomic mass is 10.0. The molecule has 0 rings (SSSR count). The molecule has 3 atom stereocenters. The van der Waals surface area contributed by atoms with Crippen molar-refractivity contribution in [1.29, 1.82) is 0 Å². The van der Waals surface area contributed by atoms with Gasteiger partial charge < -0.3 is 20.3 Å². The number of amides is 1. The summed E-state index contributed by atoms with van der Waals surface area (Å²) in [7, 11) is 0. The maximum absolute atomic E-state index is 13.3. The molecule has 0 aliphatic heterocycles. The fourth-order valence-corrected chi connectivity index (χ4v) is 8.50. The zero-order valence-electron chi connectivity index (χ0n) is 44.3. The number of hydrogen-bond acceptors (Lipinski definition) is 5. The van der Waals surface area contributed by atoms with E-state index in [0.717, 1.165) is 96.3 Å². The molecule has 0 aliphatic carbocycles. The Morgan fingerprint density at radius 2 is 0.866 bits per heavy atom. The highest BCUT2D eigenvalue weighted by Crippen LogP contribution is 2.18. The lowest BCUT2D eigenvalue weighted by Crippen LogP contribution is -2.46. The van der Waals surface area contributed by atoms with Crippen LogP contribution in [0.2, 0.25) is 0 Å². The first-order valence-electron chi connectivity index (χ1n) is 28.7. The van der Waals surface area contributed by atoms with Crippen molar-refractivity contribution < 1.29 is 24.5 Å². The SMILES string of the molecule is CC/C=C/C=C/C=C/CCCCCCCCCC(=O)OC(CCCCCC/C=C\C/C=C\C/C=C\CCCCC)CC(=O)NC(CO)C(O)CCCCCCCCCCCCCCCCCC. The molecule has 0 heterocycles. The van der Waals surface area contributed by atoms with Crippen LogP contribution in [0, 0.1) is 0 Å². The van der Waals surface area contributed by atoms with Crippen molar-refractivity contribution in [2.75, 3.05) is 6.61 Å². The molecule has 6 heteroatoms. The number of allylic oxidation sites excluding steroid dienone is 12. The molecule has 67 heavy (non-hydrogen) atoms. The highest BCUT2D eigenvalue weighted by atomic mass is 16.5. The average Bonchev–Trinajstić information content (AvgIpc) is 3.32. The van der Waals surface area contributed by atoms with E-state index in [1.807, 2.05) is 0 Å².